The minimum atomic E-state index is -0.000200. The van der Waals surface area contributed by atoms with Gasteiger partial charge in [-0.05, 0) is 37.6 Å². The molecule has 0 fully saturated rings. The highest BCUT2D eigenvalue weighted by atomic mass is 16.2. The van der Waals surface area contributed by atoms with Crippen LogP contribution >= 0.6 is 0 Å². The summed E-state index contributed by atoms with van der Waals surface area (Å²) in [5, 5.41) is 1.25. The maximum Gasteiger partial charge on any atom is 0.227 e. The second-order valence-corrected chi connectivity index (χ2v) is 6.31. The molecule has 0 aliphatic heterocycles. The first-order chi connectivity index (χ1) is 13.2. The summed E-state index contributed by atoms with van der Waals surface area (Å²) in [6, 6.07) is 22.4. The van der Waals surface area contributed by atoms with Crippen molar-refractivity contribution in [2.75, 3.05) is 4.90 Å². The van der Waals surface area contributed by atoms with Gasteiger partial charge in [-0.1, -0.05) is 42.5 Å². The topological polar surface area (TPSA) is 24.2 Å². The molecule has 3 heteroatoms. The third kappa shape index (κ3) is 4.50. The van der Waals surface area contributed by atoms with E-state index in [1.54, 1.807) is 11.8 Å². The Labute approximate surface area is 160 Å². The first-order valence-electron chi connectivity index (χ1n) is 9.30. The molecule has 0 saturated carbocycles. The number of pyridine rings is 1. The molecule has 1 aromatic heterocycles. The van der Waals surface area contributed by atoms with Crippen LogP contribution < -0.4 is 9.47 Å². The Morgan fingerprint density at radius 3 is 2.44 bits per heavy atom. The summed E-state index contributed by atoms with van der Waals surface area (Å²) in [7, 11) is 0. The molecule has 0 radical (unpaired) electrons. The van der Waals surface area contributed by atoms with Crippen LogP contribution in [0.2, 0.25) is 0 Å². The first-order valence-corrected chi connectivity index (χ1v) is 9.30. The SMILES string of the molecule is CC[n+]1c(C=CCC=CN(C(C)=O)c2ccccc2)ccc2ccccc21. The van der Waals surface area contributed by atoms with E-state index in [0.29, 0.717) is 0 Å². The number of carbonyl (C=O) groups is 1. The molecule has 0 N–H and O–H groups in total. The predicted octanol–water partition coefficient (Wildman–Crippen LogP) is 5.12. The normalized spacial score (nSPS) is 11.5. The lowest BCUT2D eigenvalue weighted by Gasteiger charge is -2.15. The second kappa shape index (κ2) is 8.95. The van der Waals surface area contributed by atoms with Crippen molar-refractivity contribution in [2.45, 2.75) is 26.8 Å². The van der Waals surface area contributed by atoms with Crippen molar-refractivity contribution in [1.82, 2.24) is 0 Å². The van der Waals surface area contributed by atoms with Gasteiger partial charge in [-0.15, -0.1) is 0 Å². The van der Waals surface area contributed by atoms with Gasteiger partial charge in [0.1, 0.15) is 6.54 Å². The van der Waals surface area contributed by atoms with Gasteiger partial charge in [-0.2, -0.15) is 4.57 Å². The minimum absolute atomic E-state index is 0.000200. The van der Waals surface area contributed by atoms with Crippen molar-refractivity contribution < 1.29 is 9.36 Å². The molecule has 0 atom stereocenters. The number of aryl methyl sites for hydroxylation is 1. The van der Waals surface area contributed by atoms with Crippen LogP contribution in [-0.4, -0.2) is 5.91 Å². The fourth-order valence-corrected chi connectivity index (χ4v) is 3.17. The molecule has 0 saturated heterocycles. The molecule has 2 aromatic carbocycles. The highest BCUT2D eigenvalue weighted by molar-refractivity contribution is 5.93. The maximum atomic E-state index is 11.9. The summed E-state index contributed by atoms with van der Waals surface area (Å²) < 4.78 is 2.31. The number of fused-ring (bicyclic) bond motifs is 1. The summed E-state index contributed by atoms with van der Waals surface area (Å²) in [6.07, 6.45) is 8.86. The van der Waals surface area contributed by atoms with E-state index in [9.17, 15) is 4.79 Å². The van der Waals surface area contributed by atoms with Crippen LogP contribution in [0.25, 0.3) is 17.0 Å². The largest absolute Gasteiger partial charge is 0.288 e. The second-order valence-electron chi connectivity index (χ2n) is 6.31. The zero-order valence-electron chi connectivity index (χ0n) is 15.9. The monoisotopic (exact) mass is 357 g/mol. The van der Waals surface area contributed by atoms with E-state index < -0.39 is 0 Å². The highest BCUT2D eigenvalue weighted by Gasteiger charge is 2.10. The molecule has 0 unspecified atom stereocenters. The van der Waals surface area contributed by atoms with E-state index in [0.717, 1.165) is 18.7 Å². The average Bonchev–Trinajstić information content (AvgIpc) is 2.70. The molecule has 136 valence electrons. The van der Waals surface area contributed by atoms with Crippen molar-refractivity contribution >= 4 is 28.6 Å². The number of benzene rings is 2. The summed E-state index contributed by atoms with van der Waals surface area (Å²) in [5.41, 5.74) is 3.30. The van der Waals surface area contributed by atoms with Gasteiger partial charge >= 0.3 is 0 Å². The fourth-order valence-electron chi connectivity index (χ4n) is 3.17. The number of anilines is 1. The minimum Gasteiger partial charge on any atom is -0.288 e. The number of aromatic nitrogens is 1. The van der Waals surface area contributed by atoms with Gasteiger partial charge in [-0.25, -0.2) is 0 Å². The number of carbonyl (C=O) groups excluding carboxylic acids is 1. The summed E-state index contributed by atoms with van der Waals surface area (Å²) in [6.45, 7) is 4.66. The lowest BCUT2D eigenvalue weighted by molar-refractivity contribution is -0.669. The zero-order valence-corrected chi connectivity index (χ0v) is 15.9. The van der Waals surface area contributed by atoms with E-state index >= 15 is 0 Å². The predicted molar refractivity (Wildman–Crippen MR) is 112 cm³/mol. The molecular formula is C24H25N2O+. The van der Waals surface area contributed by atoms with Crippen LogP contribution in [0.4, 0.5) is 5.69 Å². The molecule has 3 rings (SSSR count). The van der Waals surface area contributed by atoms with Crippen molar-refractivity contribution in [3.63, 3.8) is 0 Å². The van der Waals surface area contributed by atoms with Crippen LogP contribution in [-0.2, 0) is 11.3 Å². The average molecular weight is 357 g/mol. The van der Waals surface area contributed by atoms with Crippen molar-refractivity contribution in [1.29, 1.82) is 0 Å². The molecule has 1 heterocycles. The third-order valence-corrected chi connectivity index (χ3v) is 4.48. The Morgan fingerprint density at radius 2 is 1.70 bits per heavy atom. The maximum absolute atomic E-state index is 11.9. The smallest absolute Gasteiger partial charge is 0.227 e. The number of nitrogens with zero attached hydrogens (tertiary/aromatic N) is 2. The zero-order chi connectivity index (χ0) is 19.1. The first kappa shape index (κ1) is 18.6. The standard InChI is InChI=1S/C24H25N2O/c1-3-25-23(18-17-21-12-9-10-16-24(21)25)15-8-5-11-19-26(20(2)27)22-13-6-4-7-14-22/h4,6-19H,3,5H2,1-2H3/q+1. The van der Waals surface area contributed by atoms with Gasteiger partial charge in [0.05, 0.1) is 0 Å². The van der Waals surface area contributed by atoms with Crippen LogP contribution in [0.15, 0.2) is 85.1 Å². The number of amides is 1. The molecular weight excluding hydrogens is 332 g/mol. The summed E-state index contributed by atoms with van der Waals surface area (Å²) in [4.78, 5) is 13.6. The van der Waals surface area contributed by atoms with E-state index in [-0.39, 0.29) is 5.91 Å². The van der Waals surface area contributed by atoms with Crippen molar-refractivity contribution in [2.24, 2.45) is 0 Å². The molecule has 0 bridgehead atoms. The van der Waals surface area contributed by atoms with Crippen molar-refractivity contribution in [3.8, 4) is 0 Å². The lowest BCUT2D eigenvalue weighted by atomic mass is 10.1. The third-order valence-electron chi connectivity index (χ3n) is 4.48. The quantitative estimate of drug-likeness (QED) is 0.562. The molecule has 1 amide bonds. The summed E-state index contributed by atoms with van der Waals surface area (Å²) in [5.74, 6) is -0.000200. The number of rotatable bonds is 6. The number of hydrogen-bond acceptors (Lipinski definition) is 1. The van der Waals surface area contributed by atoms with Crippen LogP contribution in [0, 0.1) is 0 Å². The number of para-hydroxylation sites is 2. The van der Waals surface area contributed by atoms with Gasteiger partial charge in [0, 0.05) is 42.4 Å². The molecule has 0 spiro atoms. The molecule has 0 aliphatic carbocycles. The van der Waals surface area contributed by atoms with Crippen LogP contribution in [0.5, 0.6) is 0 Å². The van der Waals surface area contributed by atoms with Crippen molar-refractivity contribution in [3.05, 3.63) is 90.8 Å². The Bertz CT molecular complexity index is 974. The number of allylic oxidation sites excluding steroid dienone is 2. The fraction of sp³-hybridized carbons (Fsp3) is 0.167. The van der Waals surface area contributed by atoms with E-state index in [1.165, 1.54) is 16.6 Å². The molecule has 27 heavy (non-hydrogen) atoms. The number of hydrogen-bond donors (Lipinski definition) is 0. The molecule has 3 nitrogen and oxygen atoms in total. The van der Waals surface area contributed by atoms with Gasteiger partial charge in [0.2, 0.25) is 17.1 Å². The van der Waals surface area contributed by atoms with Gasteiger partial charge < -0.3 is 0 Å². The Kier molecular flexibility index (Phi) is 6.16. The van der Waals surface area contributed by atoms with Gasteiger partial charge in [-0.3, -0.25) is 9.69 Å². The Balaban J connectivity index is 1.73. The molecule has 3 aromatic rings. The lowest BCUT2D eigenvalue weighted by Crippen LogP contribution is -2.36. The molecule has 0 aliphatic rings. The van der Waals surface area contributed by atoms with E-state index in [4.69, 9.17) is 0 Å². The van der Waals surface area contributed by atoms with E-state index in [2.05, 4.69) is 60.0 Å². The van der Waals surface area contributed by atoms with Crippen LogP contribution in [0.1, 0.15) is 26.0 Å². The highest BCUT2D eigenvalue weighted by Crippen LogP contribution is 2.14. The Hall–Kier alpha value is -3.20. The Morgan fingerprint density at radius 1 is 0.963 bits per heavy atom. The van der Waals surface area contributed by atoms with Gasteiger partial charge in [0.15, 0.2) is 0 Å². The summed E-state index contributed by atoms with van der Waals surface area (Å²) >= 11 is 0. The van der Waals surface area contributed by atoms with Gasteiger partial charge in [0.25, 0.3) is 0 Å². The van der Waals surface area contributed by atoms with E-state index in [1.807, 2.05) is 42.6 Å². The van der Waals surface area contributed by atoms with Crippen LogP contribution in [0.3, 0.4) is 0 Å².